The van der Waals surface area contributed by atoms with Gasteiger partial charge in [-0.1, -0.05) is 20.3 Å². The summed E-state index contributed by atoms with van der Waals surface area (Å²) in [4.78, 5) is 8.97. The third kappa shape index (κ3) is 3.13. The van der Waals surface area contributed by atoms with Crippen LogP contribution in [0.2, 0.25) is 0 Å². The largest absolute Gasteiger partial charge is 0.396 e. The van der Waals surface area contributed by atoms with Gasteiger partial charge in [-0.2, -0.15) is 0 Å². The van der Waals surface area contributed by atoms with Gasteiger partial charge in [-0.05, 0) is 12.0 Å². The van der Waals surface area contributed by atoms with E-state index in [2.05, 4.69) is 28.6 Å². The molecule has 1 saturated heterocycles. The van der Waals surface area contributed by atoms with Gasteiger partial charge < -0.3 is 10.6 Å². The van der Waals surface area contributed by atoms with E-state index in [1.165, 1.54) is 13.0 Å². The molecule has 0 spiro atoms. The molecule has 0 aromatic carbocycles. The highest BCUT2D eigenvalue weighted by molar-refractivity contribution is 5.66. The van der Waals surface area contributed by atoms with Gasteiger partial charge in [-0.3, -0.25) is 9.88 Å². The van der Waals surface area contributed by atoms with Gasteiger partial charge in [0.1, 0.15) is 0 Å². The summed E-state index contributed by atoms with van der Waals surface area (Å²) in [5.74, 6) is 0.794. The Morgan fingerprint density at radius 1 is 1.33 bits per heavy atom. The van der Waals surface area contributed by atoms with Gasteiger partial charge in [0.05, 0.1) is 17.6 Å². The predicted molar refractivity (Wildman–Crippen MR) is 76.8 cm³/mol. The van der Waals surface area contributed by atoms with E-state index >= 15 is 0 Å². The zero-order chi connectivity index (χ0) is 13.0. The monoisotopic (exact) mass is 248 g/mol. The molecule has 1 unspecified atom stereocenters. The number of hydrogen-bond acceptors (Lipinski definition) is 4. The lowest BCUT2D eigenvalue weighted by molar-refractivity contribution is 0.222. The van der Waals surface area contributed by atoms with E-state index in [1.807, 2.05) is 12.3 Å². The van der Waals surface area contributed by atoms with Crippen LogP contribution in [0.4, 0.5) is 11.4 Å². The number of rotatable bonds is 4. The third-order valence-electron chi connectivity index (χ3n) is 3.81. The second kappa shape index (κ2) is 6.05. The molecule has 0 radical (unpaired) electrons. The van der Waals surface area contributed by atoms with Crippen molar-refractivity contribution < 1.29 is 0 Å². The molecular weight excluding hydrogens is 224 g/mol. The lowest BCUT2D eigenvalue weighted by atomic mass is 10.1. The molecule has 0 bridgehead atoms. The van der Waals surface area contributed by atoms with E-state index in [4.69, 9.17) is 5.73 Å². The van der Waals surface area contributed by atoms with E-state index in [0.29, 0.717) is 0 Å². The maximum atomic E-state index is 5.97. The molecule has 100 valence electrons. The van der Waals surface area contributed by atoms with Crippen molar-refractivity contribution in [2.45, 2.75) is 20.3 Å². The lowest BCUT2D eigenvalue weighted by Gasteiger charge is -2.37. The second-order valence-corrected chi connectivity index (χ2v) is 5.24. The molecule has 0 amide bonds. The van der Waals surface area contributed by atoms with Crippen molar-refractivity contribution in [2.24, 2.45) is 5.92 Å². The Hall–Kier alpha value is -1.29. The zero-order valence-corrected chi connectivity index (χ0v) is 11.5. The zero-order valence-electron chi connectivity index (χ0n) is 11.5. The minimum absolute atomic E-state index is 0.785. The molecule has 1 aromatic heterocycles. The summed E-state index contributed by atoms with van der Waals surface area (Å²) in [7, 11) is 0. The molecule has 2 heterocycles. The van der Waals surface area contributed by atoms with Crippen LogP contribution in [0.5, 0.6) is 0 Å². The Balaban J connectivity index is 1.89. The summed E-state index contributed by atoms with van der Waals surface area (Å²) in [6.45, 7) is 10.2. The first-order chi connectivity index (χ1) is 8.70. The molecular formula is C14H24N4. The highest BCUT2D eigenvalue weighted by atomic mass is 15.3. The van der Waals surface area contributed by atoms with Crippen molar-refractivity contribution in [1.82, 2.24) is 9.88 Å². The molecule has 4 nitrogen and oxygen atoms in total. The first-order valence-electron chi connectivity index (χ1n) is 6.87. The van der Waals surface area contributed by atoms with Crippen LogP contribution in [0.25, 0.3) is 0 Å². The van der Waals surface area contributed by atoms with Crippen molar-refractivity contribution >= 4 is 11.4 Å². The molecule has 1 fully saturated rings. The minimum Gasteiger partial charge on any atom is -0.396 e. The number of anilines is 2. The van der Waals surface area contributed by atoms with Crippen molar-refractivity contribution in [2.75, 3.05) is 43.4 Å². The van der Waals surface area contributed by atoms with E-state index in [9.17, 15) is 0 Å². The molecule has 2 rings (SSSR count). The van der Waals surface area contributed by atoms with Crippen molar-refractivity contribution in [1.29, 1.82) is 0 Å². The maximum absolute atomic E-state index is 5.97. The van der Waals surface area contributed by atoms with Crippen molar-refractivity contribution in [3.05, 3.63) is 18.5 Å². The normalized spacial score (nSPS) is 18.9. The smallest absolute Gasteiger partial charge is 0.0738 e. The molecule has 4 heteroatoms. The van der Waals surface area contributed by atoms with Gasteiger partial charge in [-0.25, -0.2) is 0 Å². The van der Waals surface area contributed by atoms with Gasteiger partial charge in [0.2, 0.25) is 0 Å². The lowest BCUT2D eigenvalue weighted by Crippen LogP contribution is -2.47. The number of aromatic nitrogens is 1. The Bertz CT molecular complexity index is 372. The SMILES string of the molecule is CCC(C)CN1CCN(c2ccncc2N)CC1. The van der Waals surface area contributed by atoms with Crippen LogP contribution in [-0.4, -0.2) is 42.6 Å². The topological polar surface area (TPSA) is 45.4 Å². The van der Waals surface area contributed by atoms with Crippen molar-refractivity contribution in [3.8, 4) is 0 Å². The number of nitrogens with two attached hydrogens (primary N) is 1. The van der Waals surface area contributed by atoms with E-state index in [0.717, 1.165) is 43.5 Å². The highest BCUT2D eigenvalue weighted by Crippen LogP contribution is 2.22. The van der Waals surface area contributed by atoms with Gasteiger partial charge in [-0.15, -0.1) is 0 Å². The van der Waals surface area contributed by atoms with Crippen LogP contribution in [0.3, 0.4) is 0 Å². The Morgan fingerprint density at radius 2 is 2.06 bits per heavy atom. The summed E-state index contributed by atoms with van der Waals surface area (Å²) in [6, 6.07) is 2.01. The number of hydrogen-bond donors (Lipinski definition) is 1. The molecule has 0 aliphatic carbocycles. The van der Waals surface area contributed by atoms with Gasteiger partial charge in [0, 0.05) is 38.9 Å². The number of nitrogens with zero attached hydrogens (tertiary/aromatic N) is 3. The average molecular weight is 248 g/mol. The van der Waals surface area contributed by atoms with Gasteiger partial charge in [0.15, 0.2) is 0 Å². The average Bonchev–Trinajstić information content (AvgIpc) is 2.40. The van der Waals surface area contributed by atoms with E-state index < -0.39 is 0 Å². The van der Waals surface area contributed by atoms with E-state index in [-0.39, 0.29) is 0 Å². The fourth-order valence-corrected chi connectivity index (χ4v) is 2.43. The van der Waals surface area contributed by atoms with Crippen LogP contribution < -0.4 is 10.6 Å². The van der Waals surface area contributed by atoms with Gasteiger partial charge >= 0.3 is 0 Å². The molecule has 18 heavy (non-hydrogen) atoms. The van der Waals surface area contributed by atoms with Crippen LogP contribution in [0, 0.1) is 5.92 Å². The van der Waals surface area contributed by atoms with Crippen LogP contribution in [0.1, 0.15) is 20.3 Å². The van der Waals surface area contributed by atoms with Crippen molar-refractivity contribution in [3.63, 3.8) is 0 Å². The van der Waals surface area contributed by atoms with Crippen LogP contribution in [0.15, 0.2) is 18.5 Å². The molecule has 2 N–H and O–H groups in total. The molecule has 1 atom stereocenters. The maximum Gasteiger partial charge on any atom is 0.0738 e. The molecule has 1 aliphatic rings. The number of nitrogen functional groups attached to an aromatic ring is 1. The Kier molecular flexibility index (Phi) is 4.42. The molecule has 0 saturated carbocycles. The summed E-state index contributed by atoms with van der Waals surface area (Å²) in [5.41, 5.74) is 7.89. The van der Waals surface area contributed by atoms with Gasteiger partial charge in [0.25, 0.3) is 0 Å². The standard InChI is InChI=1S/C14H24N4/c1-3-12(2)11-17-6-8-18(9-7-17)14-4-5-16-10-13(14)15/h4-5,10,12H,3,6-9,11,15H2,1-2H3. The summed E-state index contributed by atoms with van der Waals surface area (Å²) in [6.07, 6.45) is 4.82. The summed E-state index contributed by atoms with van der Waals surface area (Å²) in [5, 5.41) is 0. The minimum atomic E-state index is 0.785. The number of piperazine rings is 1. The highest BCUT2D eigenvalue weighted by Gasteiger charge is 2.19. The first-order valence-corrected chi connectivity index (χ1v) is 6.87. The summed E-state index contributed by atoms with van der Waals surface area (Å²) >= 11 is 0. The predicted octanol–water partition coefficient (Wildman–Crippen LogP) is 1.83. The molecule has 1 aromatic rings. The molecule has 1 aliphatic heterocycles. The summed E-state index contributed by atoms with van der Waals surface area (Å²) < 4.78 is 0. The quantitative estimate of drug-likeness (QED) is 0.883. The van der Waals surface area contributed by atoms with E-state index in [1.54, 1.807) is 6.20 Å². The van der Waals surface area contributed by atoms with Crippen LogP contribution in [-0.2, 0) is 0 Å². The van der Waals surface area contributed by atoms with Crippen LogP contribution >= 0.6 is 0 Å². The Labute approximate surface area is 110 Å². The number of pyridine rings is 1. The second-order valence-electron chi connectivity index (χ2n) is 5.24. The fraction of sp³-hybridized carbons (Fsp3) is 0.643. The third-order valence-corrected chi connectivity index (χ3v) is 3.81. The Morgan fingerprint density at radius 3 is 2.67 bits per heavy atom. The fourth-order valence-electron chi connectivity index (χ4n) is 2.43. The first kappa shape index (κ1) is 13.1.